The summed E-state index contributed by atoms with van der Waals surface area (Å²) in [4.78, 5) is 25.0. The van der Waals surface area contributed by atoms with Crippen LogP contribution in [0, 0.1) is 0 Å². The minimum Gasteiger partial charge on any atom is -0.462 e. The van der Waals surface area contributed by atoms with Gasteiger partial charge in [-0.1, -0.05) is 142 Å². The van der Waals surface area contributed by atoms with E-state index < -0.39 is 49.4 Å². The molecule has 0 aromatic carbocycles. The van der Waals surface area contributed by atoms with E-state index in [4.69, 9.17) is 18.9 Å². The second kappa shape index (κ2) is 29.6. The Morgan fingerprint density at radius 2 is 1.00 bits per heavy atom. The van der Waals surface area contributed by atoms with Crippen molar-refractivity contribution in [2.75, 3.05) is 19.8 Å². The maximum Gasteiger partial charge on any atom is 0.306 e. The lowest BCUT2D eigenvalue weighted by Crippen LogP contribution is -2.59. The molecule has 278 valence electrons. The molecule has 10 heteroatoms. The van der Waals surface area contributed by atoms with Crippen LogP contribution in [0.25, 0.3) is 0 Å². The van der Waals surface area contributed by atoms with Crippen LogP contribution in [0.2, 0.25) is 0 Å². The van der Waals surface area contributed by atoms with Gasteiger partial charge in [0, 0.05) is 12.8 Å². The molecule has 1 aliphatic rings. The third kappa shape index (κ3) is 22.1. The Hall–Kier alpha value is -1.30. The van der Waals surface area contributed by atoms with E-state index in [1.165, 1.54) is 96.3 Å². The average molecular weight is 675 g/mol. The first-order valence-corrected chi connectivity index (χ1v) is 19.1. The number of esters is 2. The maximum atomic E-state index is 12.6. The minimum atomic E-state index is -1.59. The van der Waals surface area contributed by atoms with Crippen molar-refractivity contribution in [1.29, 1.82) is 0 Å². The van der Waals surface area contributed by atoms with E-state index in [1.807, 2.05) is 0 Å². The molecule has 6 atom stereocenters. The average Bonchev–Trinajstić information content (AvgIpc) is 3.06. The van der Waals surface area contributed by atoms with Crippen LogP contribution in [0.15, 0.2) is 0 Å². The fraction of sp³-hybridized carbons (Fsp3) is 0.946. The molecule has 0 bridgehead atoms. The molecular formula is C37H70O10. The Balaban J connectivity index is 2.33. The van der Waals surface area contributed by atoms with Crippen LogP contribution in [-0.4, -0.2) is 89.0 Å². The number of carbonyl (C=O) groups excluding carboxylic acids is 2. The van der Waals surface area contributed by atoms with E-state index in [2.05, 4.69) is 13.8 Å². The normalized spacial score (nSPS) is 21.9. The Bertz CT molecular complexity index is 749. The Kier molecular flexibility index (Phi) is 27.5. The molecule has 0 amide bonds. The fourth-order valence-electron chi connectivity index (χ4n) is 5.89. The van der Waals surface area contributed by atoms with Gasteiger partial charge in [0.1, 0.15) is 31.0 Å². The van der Waals surface area contributed by atoms with Crippen molar-refractivity contribution in [3.8, 4) is 0 Å². The van der Waals surface area contributed by atoms with Crippen molar-refractivity contribution in [3.63, 3.8) is 0 Å². The number of unbranched alkanes of at least 4 members (excludes halogenated alkanes) is 20. The van der Waals surface area contributed by atoms with Gasteiger partial charge in [-0.2, -0.15) is 0 Å². The Morgan fingerprint density at radius 1 is 0.574 bits per heavy atom. The molecule has 0 aromatic rings. The van der Waals surface area contributed by atoms with Gasteiger partial charge in [-0.3, -0.25) is 9.59 Å². The molecule has 0 aliphatic carbocycles. The summed E-state index contributed by atoms with van der Waals surface area (Å²) in [5.41, 5.74) is 0. The lowest BCUT2D eigenvalue weighted by Gasteiger charge is -2.39. The first-order chi connectivity index (χ1) is 22.8. The molecule has 4 N–H and O–H groups in total. The molecule has 2 unspecified atom stereocenters. The summed E-state index contributed by atoms with van der Waals surface area (Å²) >= 11 is 0. The van der Waals surface area contributed by atoms with Crippen molar-refractivity contribution in [2.45, 2.75) is 205 Å². The van der Waals surface area contributed by atoms with Gasteiger partial charge in [0.2, 0.25) is 0 Å². The Labute approximate surface area is 285 Å². The SMILES string of the molecule is CCCCCCCCCCCCCCCCCC(=O)OC[C@@H](CO[C@H]1O[C@@H](CO)[C@@H](O)C(O)C1O)OC(=O)CCCCCCCCC. The zero-order valence-corrected chi connectivity index (χ0v) is 29.8. The highest BCUT2D eigenvalue weighted by Gasteiger charge is 2.44. The summed E-state index contributed by atoms with van der Waals surface area (Å²) in [7, 11) is 0. The number of carbonyl (C=O) groups is 2. The second-order valence-electron chi connectivity index (χ2n) is 13.4. The molecule has 0 radical (unpaired) electrons. The highest BCUT2D eigenvalue weighted by molar-refractivity contribution is 5.70. The van der Waals surface area contributed by atoms with Gasteiger partial charge < -0.3 is 39.4 Å². The molecule has 1 aliphatic heterocycles. The topological polar surface area (TPSA) is 152 Å². The number of ether oxygens (including phenoxy) is 4. The van der Waals surface area contributed by atoms with Crippen molar-refractivity contribution >= 4 is 11.9 Å². The largest absolute Gasteiger partial charge is 0.462 e. The second-order valence-corrected chi connectivity index (χ2v) is 13.4. The molecule has 1 heterocycles. The van der Waals surface area contributed by atoms with Crippen LogP contribution in [-0.2, 0) is 28.5 Å². The standard InChI is InChI=1S/C37H70O10/c1-3-5-7-9-11-12-13-14-15-16-17-18-20-21-23-25-32(39)44-28-30(46-33(40)26-24-22-19-10-8-6-4-2)29-45-37-36(43)35(42)34(41)31(27-38)47-37/h30-31,34-38,41-43H,3-29H2,1-2H3/t30-,31-,34+,35?,36?,37-/m0/s1. The molecule has 10 nitrogen and oxygen atoms in total. The zero-order chi connectivity index (χ0) is 34.5. The summed E-state index contributed by atoms with van der Waals surface area (Å²) in [5, 5.41) is 39.8. The number of rotatable bonds is 31. The van der Waals surface area contributed by atoms with Gasteiger partial charge in [0.25, 0.3) is 0 Å². The van der Waals surface area contributed by atoms with Crippen LogP contribution >= 0.6 is 0 Å². The van der Waals surface area contributed by atoms with Gasteiger partial charge in [0.05, 0.1) is 13.2 Å². The van der Waals surface area contributed by atoms with Crippen molar-refractivity contribution in [1.82, 2.24) is 0 Å². The summed E-state index contributed by atoms with van der Waals surface area (Å²) in [6.45, 7) is 3.37. The third-order valence-corrected chi connectivity index (χ3v) is 8.99. The smallest absolute Gasteiger partial charge is 0.306 e. The lowest BCUT2D eigenvalue weighted by atomic mass is 9.99. The molecule has 0 saturated carbocycles. The van der Waals surface area contributed by atoms with Crippen LogP contribution in [0.4, 0.5) is 0 Å². The highest BCUT2D eigenvalue weighted by atomic mass is 16.7. The summed E-state index contributed by atoms with van der Waals surface area (Å²) in [6, 6.07) is 0. The van der Waals surface area contributed by atoms with Crippen molar-refractivity contribution in [3.05, 3.63) is 0 Å². The molecule has 1 fully saturated rings. The van der Waals surface area contributed by atoms with E-state index in [9.17, 15) is 30.0 Å². The number of hydrogen-bond acceptors (Lipinski definition) is 10. The Morgan fingerprint density at radius 3 is 1.45 bits per heavy atom. The zero-order valence-electron chi connectivity index (χ0n) is 29.8. The summed E-state index contributed by atoms with van der Waals surface area (Å²) in [5.74, 6) is -0.805. The first-order valence-electron chi connectivity index (χ1n) is 19.1. The predicted octanol–water partition coefficient (Wildman–Crippen LogP) is 6.66. The van der Waals surface area contributed by atoms with Gasteiger partial charge in [0.15, 0.2) is 12.4 Å². The minimum absolute atomic E-state index is 0.211. The number of aliphatic hydroxyl groups is 4. The van der Waals surface area contributed by atoms with E-state index in [-0.39, 0.29) is 32.0 Å². The van der Waals surface area contributed by atoms with Gasteiger partial charge in [-0.15, -0.1) is 0 Å². The third-order valence-electron chi connectivity index (χ3n) is 8.99. The van der Waals surface area contributed by atoms with E-state index >= 15 is 0 Å². The number of aliphatic hydroxyl groups excluding tert-OH is 4. The van der Waals surface area contributed by atoms with Gasteiger partial charge in [-0.05, 0) is 12.8 Å². The van der Waals surface area contributed by atoms with E-state index in [1.54, 1.807) is 0 Å². The lowest BCUT2D eigenvalue weighted by molar-refractivity contribution is -0.305. The highest BCUT2D eigenvalue weighted by Crippen LogP contribution is 2.22. The van der Waals surface area contributed by atoms with Crippen LogP contribution in [0.5, 0.6) is 0 Å². The fourth-order valence-corrected chi connectivity index (χ4v) is 5.89. The molecule has 0 aromatic heterocycles. The maximum absolute atomic E-state index is 12.6. The van der Waals surface area contributed by atoms with Crippen LogP contribution < -0.4 is 0 Å². The molecule has 1 rings (SSSR count). The molecule has 0 spiro atoms. The van der Waals surface area contributed by atoms with Gasteiger partial charge in [-0.25, -0.2) is 0 Å². The first kappa shape index (κ1) is 43.7. The summed E-state index contributed by atoms with van der Waals surface area (Å²) in [6.07, 6.45) is 18.5. The molecular weight excluding hydrogens is 604 g/mol. The van der Waals surface area contributed by atoms with Crippen LogP contribution in [0.1, 0.15) is 168 Å². The monoisotopic (exact) mass is 674 g/mol. The van der Waals surface area contributed by atoms with Gasteiger partial charge >= 0.3 is 11.9 Å². The van der Waals surface area contributed by atoms with Crippen molar-refractivity contribution in [2.24, 2.45) is 0 Å². The van der Waals surface area contributed by atoms with Crippen molar-refractivity contribution < 1.29 is 49.0 Å². The molecule has 47 heavy (non-hydrogen) atoms. The van der Waals surface area contributed by atoms with E-state index in [0.717, 1.165) is 38.5 Å². The number of hydrogen-bond donors (Lipinski definition) is 4. The van der Waals surface area contributed by atoms with Crippen LogP contribution in [0.3, 0.4) is 0 Å². The predicted molar refractivity (Wildman–Crippen MR) is 183 cm³/mol. The quantitative estimate of drug-likeness (QED) is 0.0464. The summed E-state index contributed by atoms with van der Waals surface area (Å²) < 4.78 is 22.0. The molecule has 1 saturated heterocycles. The van der Waals surface area contributed by atoms with E-state index in [0.29, 0.717) is 6.42 Å².